The van der Waals surface area contributed by atoms with Crippen LogP contribution in [-0.2, 0) is 10.8 Å². The maximum atomic E-state index is 11.1. The zero-order valence-corrected chi connectivity index (χ0v) is 8.35. The van der Waals surface area contributed by atoms with Crippen LogP contribution in [0.5, 0.6) is 0 Å². The summed E-state index contributed by atoms with van der Waals surface area (Å²) in [6, 6.07) is 6.71. The summed E-state index contributed by atoms with van der Waals surface area (Å²) in [6.45, 7) is 0. The summed E-state index contributed by atoms with van der Waals surface area (Å²) in [5.41, 5.74) is 0.580. The van der Waals surface area contributed by atoms with Gasteiger partial charge in [-0.1, -0.05) is 0 Å². The highest BCUT2D eigenvalue weighted by atomic mass is 32.2. The summed E-state index contributed by atoms with van der Waals surface area (Å²) >= 11 is 0. The second-order valence-corrected chi connectivity index (χ2v) is 3.94. The third-order valence-electron chi connectivity index (χ3n) is 1.68. The van der Waals surface area contributed by atoms with Crippen molar-refractivity contribution in [2.45, 2.75) is 4.90 Å². The molecule has 0 saturated carbocycles. The highest BCUT2D eigenvalue weighted by Crippen LogP contribution is 2.07. The van der Waals surface area contributed by atoms with Gasteiger partial charge in [0.2, 0.25) is 0 Å². The normalized spacial score (nSPS) is 12.2. The minimum absolute atomic E-state index is 0.131. The number of amides is 1. The Morgan fingerprint density at radius 2 is 1.85 bits per heavy atom. The van der Waals surface area contributed by atoms with E-state index in [4.69, 9.17) is 0 Å². The lowest BCUT2D eigenvalue weighted by Gasteiger charge is -2.00. The van der Waals surface area contributed by atoms with Crippen molar-refractivity contribution in [3.05, 3.63) is 29.8 Å². The van der Waals surface area contributed by atoms with Gasteiger partial charge in [0.05, 0.1) is 0 Å². The Labute approximate surface area is 79.6 Å². The van der Waals surface area contributed by atoms with Gasteiger partial charge < -0.3 is 5.32 Å². The number of hydrogen-bond acceptors (Lipinski definition) is 2. The summed E-state index contributed by atoms with van der Waals surface area (Å²) in [4.78, 5) is 11.8. The van der Waals surface area contributed by atoms with Gasteiger partial charge in [0, 0.05) is 34.6 Å². The van der Waals surface area contributed by atoms with E-state index in [2.05, 4.69) is 5.32 Å². The van der Waals surface area contributed by atoms with E-state index in [0.717, 1.165) is 4.90 Å². The zero-order valence-electron chi connectivity index (χ0n) is 7.53. The van der Waals surface area contributed by atoms with Crippen LogP contribution in [0.25, 0.3) is 0 Å². The van der Waals surface area contributed by atoms with E-state index in [1.54, 1.807) is 37.6 Å². The Bertz CT molecular complexity index is 332. The molecule has 0 aliphatic heterocycles. The van der Waals surface area contributed by atoms with E-state index in [1.165, 1.54) is 0 Å². The van der Waals surface area contributed by atoms with Crippen LogP contribution in [0.4, 0.5) is 0 Å². The predicted molar refractivity (Wildman–Crippen MR) is 52.2 cm³/mol. The van der Waals surface area contributed by atoms with Gasteiger partial charge in [-0.3, -0.25) is 9.00 Å². The molecule has 0 saturated heterocycles. The van der Waals surface area contributed by atoms with Crippen LogP contribution in [-0.4, -0.2) is 23.4 Å². The minimum atomic E-state index is -0.984. The van der Waals surface area contributed by atoms with E-state index in [1.807, 2.05) is 0 Å². The molecule has 4 heteroatoms. The van der Waals surface area contributed by atoms with Gasteiger partial charge in [-0.05, 0) is 24.3 Å². The quantitative estimate of drug-likeness (QED) is 0.761. The Balaban J connectivity index is 2.93. The summed E-state index contributed by atoms with van der Waals surface area (Å²) in [7, 11) is 0.593. The first kappa shape index (κ1) is 9.92. The van der Waals surface area contributed by atoms with Crippen molar-refractivity contribution in [1.82, 2.24) is 5.32 Å². The fourth-order valence-electron chi connectivity index (χ4n) is 0.942. The molecule has 1 rings (SSSR count). The first-order valence-electron chi connectivity index (χ1n) is 3.80. The van der Waals surface area contributed by atoms with Crippen LogP contribution in [0.15, 0.2) is 29.2 Å². The molecule has 1 amide bonds. The first-order valence-corrected chi connectivity index (χ1v) is 5.36. The molecule has 1 aromatic rings. The van der Waals surface area contributed by atoms with E-state index in [9.17, 15) is 9.00 Å². The molecule has 1 aromatic carbocycles. The molecule has 0 aliphatic carbocycles. The van der Waals surface area contributed by atoms with Gasteiger partial charge in [-0.15, -0.1) is 0 Å². The van der Waals surface area contributed by atoms with E-state index in [-0.39, 0.29) is 5.91 Å². The number of nitrogens with one attached hydrogen (secondary N) is 1. The molecule has 0 heterocycles. The SMILES string of the molecule is CNC(=O)c1ccc(S(C)=O)cc1. The van der Waals surface area contributed by atoms with Gasteiger partial charge in [-0.25, -0.2) is 0 Å². The highest BCUT2D eigenvalue weighted by molar-refractivity contribution is 7.84. The fourth-order valence-corrected chi connectivity index (χ4v) is 1.46. The Morgan fingerprint density at radius 1 is 1.31 bits per heavy atom. The molecule has 1 N–H and O–H groups in total. The Hall–Kier alpha value is -1.16. The average molecular weight is 197 g/mol. The average Bonchev–Trinajstić information content (AvgIpc) is 2.17. The summed E-state index contributed by atoms with van der Waals surface area (Å²) in [5.74, 6) is -0.131. The molecule has 0 bridgehead atoms. The monoisotopic (exact) mass is 197 g/mol. The van der Waals surface area contributed by atoms with Gasteiger partial charge in [-0.2, -0.15) is 0 Å². The number of hydrogen-bond donors (Lipinski definition) is 1. The van der Waals surface area contributed by atoms with Gasteiger partial charge in [0.1, 0.15) is 0 Å². The van der Waals surface area contributed by atoms with Crippen LogP contribution in [0.3, 0.4) is 0 Å². The van der Waals surface area contributed by atoms with Crippen LogP contribution in [0.1, 0.15) is 10.4 Å². The van der Waals surface area contributed by atoms with E-state index >= 15 is 0 Å². The van der Waals surface area contributed by atoms with Crippen molar-refractivity contribution in [3.63, 3.8) is 0 Å². The van der Waals surface area contributed by atoms with Crippen LogP contribution in [0.2, 0.25) is 0 Å². The molecule has 1 unspecified atom stereocenters. The molecular formula is C9H11NO2S. The van der Waals surface area contributed by atoms with E-state index < -0.39 is 10.8 Å². The number of benzene rings is 1. The number of rotatable bonds is 2. The summed E-state index contributed by atoms with van der Waals surface area (Å²) in [5, 5.41) is 2.52. The standard InChI is InChI=1S/C9H11NO2S/c1-10-9(11)7-3-5-8(6-4-7)13(2)12/h3-6H,1-2H3,(H,10,11). The van der Waals surface area contributed by atoms with Gasteiger partial charge in [0.15, 0.2) is 0 Å². The van der Waals surface area contributed by atoms with Crippen molar-refractivity contribution in [3.8, 4) is 0 Å². The molecule has 3 nitrogen and oxygen atoms in total. The first-order chi connectivity index (χ1) is 6.15. The smallest absolute Gasteiger partial charge is 0.251 e. The zero-order chi connectivity index (χ0) is 9.84. The topological polar surface area (TPSA) is 46.2 Å². The lowest BCUT2D eigenvalue weighted by molar-refractivity contribution is 0.0963. The van der Waals surface area contributed by atoms with Gasteiger partial charge in [0.25, 0.3) is 5.91 Å². The molecule has 0 aromatic heterocycles. The summed E-state index contributed by atoms with van der Waals surface area (Å²) in [6.07, 6.45) is 1.61. The number of carbonyl (C=O) groups is 1. The van der Waals surface area contributed by atoms with Crippen molar-refractivity contribution in [2.24, 2.45) is 0 Å². The van der Waals surface area contributed by atoms with Crippen molar-refractivity contribution in [1.29, 1.82) is 0 Å². The van der Waals surface area contributed by atoms with Crippen molar-refractivity contribution < 1.29 is 9.00 Å². The fraction of sp³-hybridized carbons (Fsp3) is 0.222. The van der Waals surface area contributed by atoms with Crippen LogP contribution >= 0.6 is 0 Å². The molecule has 70 valence electrons. The highest BCUT2D eigenvalue weighted by Gasteiger charge is 2.02. The third kappa shape index (κ3) is 2.39. The van der Waals surface area contributed by atoms with Crippen molar-refractivity contribution >= 4 is 16.7 Å². The molecule has 1 atom stereocenters. The lowest BCUT2D eigenvalue weighted by Crippen LogP contribution is -2.17. The molecule has 0 radical (unpaired) electrons. The molecule has 0 aliphatic rings. The Kier molecular flexibility index (Phi) is 3.19. The van der Waals surface area contributed by atoms with E-state index in [0.29, 0.717) is 5.56 Å². The molecule has 13 heavy (non-hydrogen) atoms. The predicted octanol–water partition coefficient (Wildman–Crippen LogP) is 0.784. The molecule has 0 spiro atoms. The molecule has 0 fully saturated rings. The maximum absolute atomic E-state index is 11.1. The number of carbonyl (C=O) groups excluding carboxylic acids is 1. The van der Waals surface area contributed by atoms with Gasteiger partial charge >= 0.3 is 0 Å². The second kappa shape index (κ2) is 4.18. The minimum Gasteiger partial charge on any atom is -0.355 e. The lowest BCUT2D eigenvalue weighted by atomic mass is 10.2. The van der Waals surface area contributed by atoms with Crippen LogP contribution < -0.4 is 5.32 Å². The van der Waals surface area contributed by atoms with Crippen molar-refractivity contribution in [2.75, 3.05) is 13.3 Å². The second-order valence-electron chi connectivity index (χ2n) is 2.56. The largest absolute Gasteiger partial charge is 0.355 e. The molecular weight excluding hydrogens is 186 g/mol. The summed E-state index contributed by atoms with van der Waals surface area (Å²) < 4.78 is 11.0. The Morgan fingerprint density at radius 3 is 2.23 bits per heavy atom. The third-order valence-corrected chi connectivity index (χ3v) is 2.61. The van der Waals surface area contributed by atoms with Crippen LogP contribution in [0, 0.1) is 0 Å². The maximum Gasteiger partial charge on any atom is 0.251 e.